The lowest BCUT2D eigenvalue weighted by Gasteiger charge is -2.17. The fraction of sp³-hybridized carbons (Fsp3) is 0.294. The van der Waals surface area contributed by atoms with Gasteiger partial charge in [-0.2, -0.15) is 8.42 Å². The van der Waals surface area contributed by atoms with E-state index in [2.05, 4.69) is 15.0 Å². The van der Waals surface area contributed by atoms with E-state index in [-0.39, 0.29) is 23.6 Å². The number of aromatic hydroxyl groups is 1. The van der Waals surface area contributed by atoms with E-state index in [1.54, 1.807) is 4.72 Å². The molecule has 3 atom stereocenters. The highest BCUT2D eigenvalue weighted by atomic mass is 32.2. The molecule has 3 heterocycles. The number of aliphatic hydroxyl groups is 1. The maximum Gasteiger partial charge on any atom is 0.362 e. The Labute approximate surface area is 175 Å². The number of carbonyl (C=O) groups excluding carboxylic acids is 1. The minimum Gasteiger partial charge on any atom is -0.507 e. The van der Waals surface area contributed by atoms with E-state index in [4.69, 9.17) is 14.7 Å². The summed E-state index contributed by atoms with van der Waals surface area (Å²) >= 11 is 0. The molecular formula is C17H18N6O7S. The predicted octanol–water partition coefficient (Wildman–Crippen LogP) is -0.546. The van der Waals surface area contributed by atoms with E-state index in [1.807, 2.05) is 0 Å². The fourth-order valence-electron chi connectivity index (χ4n) is 3.17. The molecule has 0 unspecified atom stereocenters. The number of anilines is 1. The van der Waals surface area contributed by atoms with Gasteiger partial charge in [-0.15, -0.1) is 0 Å². The molecule has 0 radical (unpaired) electrons. The second kappa shape index (κ2) is 8.07. The van der Waals surface area contributed by atoms with Gasteiger partial charge in [-0.25, -0.2) is 19.7 Å². The number of nitrogens with zero attached hydrogens (tertiary/aromatic N) is 4. The summed E-state index contributed by atoms with van der Waals surface area (Å²) in [6, 6.07) is 5.45. The van der Waals surface area contributed by atoms with Crippen LogP contribution in [0.25, 0.3) is 11.2 Å². The van der Waals surface area contributed by atoms with Gasteiger partial charge in [0.15, 0.2) is 17.7 Å². The minimum absolute atomic E-state index is 0.0633. The van der Waals surface area contributed by atoms with Gasteiger partial charge >= 0.3 is 10.3 Å². The number of aliphatic hydroxyl groups excluding tert-OH is 1. The number of phenols is 1. The first kappa shape index (κ1) is 20.9. The van der Waals surface area contributed by atoms with Crippen LogP contribution >= 0.6 is 0 Å². The summed E-state index contributed by atoms with van der Waals surface area (Å²) < 4.78 is 37.9. The number of nitrogen functional groups attached to an aromatic ring is 1. The molecule has 1 aliphatic heterocycles. The molecule has 14 heteroatoms. The zero-order chi connectivity index (χ0) is 22.2. The molecule has 4 rings (SSSR count). The number of amides is 1. The molecule has 1 aliphatic rings. The van der Waals surface area contributed by atoms with E-state index in [9.17, 15) is 23.4 Å². The second-order valence-electron chi connectivity index (χ2n) is 6.72. The molecule has 0 bridgehead atoms. The average Bonchev–Trinajstić information content (AvgIpc) is 3.30. The highest BCUT2D eigenvalue weighted by Gasteiger charge is 2.37. The van der Waals surface area contributed by atoms with Crippen molar-refractivity contribution in [3.05, 3.63) is 42.5 Å². The van der Waals surface area contributed by atoms with Crippen LogP contribution in [0, 0.1) is 0 Å². The van der Waals surface area contributed by atoms with Gasteiger partial charge in [0.25, 0.3) is 5.91 Å². The van der Waals surface area contributed by atoms with Crippen molar-refractivity contribution in [1.29, 1.82) is 0 Å². The molecule has 0 saturated carbocycles. The average molecular weight is 450 g/mol. The Morgan fingerprint density at radius 3 is 2.87 bits per heavy atom. The van der Waals surface area contributed by atoms with Crippen LogP contribution in [0.2, 0.25) is 0 Å². The van der Waals surface area contributed by atoms with E-state index in [0.29, 0.717) is 11.2 Å². The molecule has 13 nitrogen and oxygen atoms in total. The van der Waals surface area contributed by atoms with Crippen LogP contribution in [0.3, 0.4) is 0 Å². The van der Waals surface area contributed by atoms with Gasteiger partial charge in [0.1, 0.15) is 23.7 Å². The SMILES string of the molecule is Nc1ncnc2c1ncn2[C@@H]1O[C@H](COS(=O)(=O)NC(=O)c2ccccc2O)C[C@H]1O. The van der Waals surface area contributed by atoms with Gasteiger partial charge < -0.3 is 20.7 Å². The van der Waals surface area contributed by atoms with E-state index >= 15 is 0 Å². The third-order valence-electron chi connectivity index (χ3n) is 4.60. The zero-order valence-electron chi connectivity index (χ0n) is 15.8. The lowest BCUT2D eigenvalue weighted by atomic mass is 10.2. The van der Waals surface area contributed by atoms with Gasteiger partial charge in [0.05, 0.1) is 24.6 Å². The molecule has 1 fully saturated rings. The Balaban J connectivity index is 1.40. The zero-order valence-corrected chi connectivity index (χ0v) is 16.6. The highest BCUT2D eigenvalue weighted by Crippen LogP contribution is 2.31. The fourth-order valence-corrected chi connectivity index (χ4v) is 3.90. The van der Waals surface area contributed by atoms with Crippen molar-refractivity contribution in [3.63, 3.8) is 0 Å². The van der Waals surface area contributed by atoms with Crippen LogP contribution in [0.15, 0.2) is 36.9 Å². The first-order chi connectivity index (χ1) is 14.7. The first-order valence-electron chi connectivity index (χ1n) is 9.01. The first-order valence-corrected chi connectivity index (χ1v) is 10.4. The molecule has 1 saturated heterocycles. The number of hydrogen-bond donors (Lipinski definition) is 4. The van der Waals surface area contributed by atoms with E-state index in [1.165, 1.54) is 41.5 Å². The summed E-state index contributed by atoms with van der Waals surface area (Å²) in [7, 11) is -4.49. The van der Waals surface area contributed by atoms with Crippen LogP contribution in [0.4, 0.5) is 5.82 Å². The number of phenolic OH excluding ortho intramolecular Hbond substituents is 1. The van der Waals surface area contributed by atoms with Crippen molar-refractivity contribution in [3.8, 4) is 5.75 Å². The van der Waals surface area contributed by atoms with Crippen LogP contribution in [0.1, 0.15) is 23.0 Å². The number of imidazole rings is 1. The maximum atomic E-state index is 12.1. The lowest BCUT2D eigenvalue weighted by Crippen LogP contribution is -2.34. The summed E-state index contributed by atoms with van der Waals surface area (Å²) in [5.74, 6) is -1.26. The number of fused-ring (bicyclic) bond motifs is 1. The Morgan fingerprint density at radius 2 is 2.10 bits per heavy atom. The smallest absolute Gasteiger partial charge is 0.362 e. The van der Waals surface area contributed by atoms with Crippen molar-refractivity contribution in [2.24, 2.45) is 0 Å². The quantitative estimate of drug-likeness (QED) is 0.377. The summed E-state index contributed by atoms with van der Waals surface area (Å²) in [6.45, 7) is -0.458. The summed E-state index contributed by atoms with van der Waals surface area (Å²) in [5, 5.41) is 20.0. The molecule has 5 N–H and O–H groups in total. The molecular weight excluding hydrogens is 432 g/mol. The molecule has 1 aromatic carbocycles. The minimum atomic E-state index is -4.49. The van der Waals surface area contributed by atoms with E-state index < -0.39 is 41.3 Å². The van der Waals surface area contributed by atoms with Gasteiger partial charge in [-0.1, -0.05) is 12.1 Å². The largest absolute Gasteiger partial charge is 0.507 e. The number of carbonyl (C=O) groups is 1. The number of hydrogen-bond acceptors (Lipinski definition) is 11. The third kappa shape index (κ3) is 4.27. The van der Waals surface area contributed by atoms with Crippen molar-refractivity contribution in [2.45, 2.75) is 24.9 Å². The molecule has 0 aliphatic carbocycles. The summed E-state index contributed by atoms with van der Waals surface area (Å²) in [6.07, 6.45) is 0.00213. The normalized spacial score (nSPS) is 21.4. The van der Waals surface area contributed by atoms with Crippen molar-refractivity contribution in [1.82, 2.24) is 24.2 Å². The van der Waals surface area contributed by atoms with Gasteiger partial charge in [-0.05, 0) is 12.1 Å². The maximum absolute atomic E-state index is 12.1. The number of nitrogens with two attached hydrogens (primary N) is 1. The number of aromatic nitrogens is 4. The van der Waals surface area contributed by atoms with Gasteiger partial charge in [-0.3, -0.25) is 13.5 Å². The molecule has 2 aromatic heterocycles. The molecule has 0 spiro atoms. The van der Waals surface area contributed by atoms with Crippen molar-refractivity contribution < 1.29 is 32.3 Å². The highest BCUT2D eigenvalue weighted by molar-refractivity contribution is 7.85. The monoisotopic (exact) mass is 450 g/mol. The predicted molar refractivity (Wildman–Crippen MR) is 105 cm³/mol. The number of ether oxygens (including phenoxy) is 1. The molecule has 31 heavy (non-hydrogen) atoms. The number of para-hydroxylation sites is 1. The number of rotatable bonds is 6. The lowest BCUT2D eigenvalue weighted by molar-refractivity contribution is -0.0453. The van der Waals surface area contributed by atoms with E-state index in [0.717, 1.165) is 0 Å². The Kier molecular flexibility index (Phi) is 5.45. The number of nitrogens with one attached hydrogen (secondary N) is 1. The standard InChI is InChI=1S/C17H18N6O7S/c18-14-13-15(20-7-19-14)23(8-21-13)17-12(25)5-9(30-17)6-29-31(27,28)22-16(26)10-3-1-2-4-11(10)24/h1-4,7-9,12,17,24-25H,5-6H2,(H,22,26)(H2,18,19,20)/t9-,12+,17+/m0/s1. The molecule has 3 aromatic rings. The Hall–Kier alpha value is -3.33. The molecule has 164 valence electrons. The van der Waals surface area contributed by atoms with Crippen molar-refractivity contribution >= 4 is 33.2 Å². The third-order valence-corrected chi connectivity index (χ3v) is 5.48. The second-order valence-corrected chi connectivity index (χ2v) is 8.07. The topological polar surface area (TPSA) is 192 Å². The van der Waals surface area contributed by atoms with Gasteiger partial charge in [0.2, 0.25) is 0 Å². The Morgan fingerprint density at radius 1 is 1.32 bits per heavy atom. The summed E-state index contributed by atoms with van der Waals surface area (Å²) in [5.41, 5.74) is 6.21. The van der Waals surface area contributed by atoms with Gasteiger partial charge in [0, 0.05) is 6.42 Å². The summed E-state index contributed by atoms with van der Waals surface area (Å²) in [4.78, 5) is 24.1. The van der Waals surface area contributed by atoms with Crippen molar-refractivity contribution in [2.75, 3.05) is 12.3 Å². The van der Waals surface area contributed by atoms with Crippen LogP contribution < -0.4 is 10.5 Å². The van der Waals surface area contributed by atoms with Crippen LogP contribution in [-0.2, 0) is 19.2 Å². The number of benzene rings is 1. The molecule has 1 amide bonds. The Bertz CT molecular complexity index is 1230. The van der Waals surface area contributed by atoms with Crippen LogP contribution in [-0.4, -0.2) is 62.9 Å². The van der Waals surface area contributed by atoms with Crippen LogP contribution in [0.5, 0.6) is 5.75 Å².